The highest BCUT2D eigenvalue weighted by Crippen LogP contribution is 2.27. The summed E-state index contributed by atoms with van der Waals surface area (Å²) >= 11 is 1.38. The second kappa shape index (κ2) is 5.15. The van der Waals surface area contributed by atoms with Crippen LogP contribution in [0.15, 0.2) is 24.3 Å². The minimum absolute atomic E-state index is 0.328. The van der Waals surface area contributed by atoms with Gasteiger partial charge in [-0.05, 0) is 18.2 Å². The van der Waals surface area contributed by atoms with E-state index >= 15 is 0 Å². The normalized spacial score (nSPS) is 10.4. The summed E-state index contributed by atoms with van der Waals surface area (Å²) < 4.78 is 4.33. The van der Waals surface area contributed by atoms with Crippen LogP contribution in [0.5, 0.6) is 0 Å². The number of nitriles is 1. The van der Waals surface area contributed by atoms with Crippen LogP contribution in [-0.2, 0) is 0 Å². The van der Waals surface area contributed by atoms with Gasteiger partial charge in [-0.3, -0.25) is 0 Å². The number of anilines is 2. The molecule has 0 unspecified atom stereocenters. The van der Waals surface area contributed by atoms with Crippen molar-refractivity contribution in [2.24, 2.45) is 0 Å². The maximum Gasteiger partial charge on any atom is 0.209 e. The van der Waals surface area contributed by atoms with Gasteiger partial charge in [-0.1, -0.05) is 19.9 Å². The summed E-state index contributed by atoms with van der Waals surface area (Å²) in [5, 5.41) is 9.74. The predicted octanol–water partition coefficient (Wildman–Crippen LogP) is 3.30. The third kappa shape index (κ3) is 2.49. The molecule has 1 heterocycles. The van der Waals surface area contributed by atoms with Crippen molar-refractivity contribution in [3.05, 3.63) is 35.7 Å². The van der Waals surface area contributed by atoms with E-state index in [0.29, 0.717) is 11.5 Å². The zero-order valence-corrected chi connectivity index (χ0v) is 11.4. The van der Waals surface area contributed by atoms with Crippen LogP contribution in [-0.4, -0.2) is 16.4 Å². The van der Waals surface area contributed by atoms with Crippen molar-refractivity contribution in [3.63, 3.8) is 0 Å². The molecular weight excluding hydrogens is 244 g/mol. The second-order valence-electron chi connectivity index (χ2n) is 4.31. The molecule has 0 saturated heterocycles. The van der Waals surface area contributed by atoms with E-state index in [1.54, 1.807) is 6.07 Å². The Hall–Kier alpha value is -1.93. The van der Waals surface area contributed by atoms with Crippen LogP contribution < -0.4 is 4.90 Å². The fourth-order valence-corrected chi connectivity index (χ4v) is 2.28. The molecule has 1 aromatic heterocycles. The summed E-state index contributed by atoms with van der Waals surface area (Å²) in [6.45, 7) is 4.14. The maximum atomic E-state index is 8.90. The van der Waals surface area contributed by atoms with Crippen molar-refractivity contribution < 1.29 is 0 Å². The average Bonchev–Trinajstić information content (AvgIpc) is 2.87. The number of nitrogens with zero attached hydrogens (tertiary/aromatic N) is 4. The number of aromatic nitrogens is 2. The highest BCUT2D eigenvalue weighted by atomic mass is 32.1. The van der Waals surface area contributed by atoms with E-state index in [4.69, 9.17) is 5.26 Å². The van der Waals surface area contributed by atoms with Gasteiger partial charge >= 0.3 is 0 Å². The van der Waals surface area contributed by atoms with Gasteiger partial charge in [-0.2, -0.15) is 9.64 Å². The topological polar surface area (TPSA) is 52.8 Å². The Balaban J connectivity index is 2.29. The highest BCUT2D eigenvalue weighted by molar-refractivity contribution is 7.09. The van der Waals surface area contributed by atoms with Crippen LogP contribution in [0.2, 0.25) is 0 Å². The lowest BCUT2D eigenvalue weighted by atomic mass is 10.2. The van der Waals surface area contributed by atoms with E-state index < -0.39 is 0 Å². The highest BCUT2D eigenvalue weighted by Gasteiger charge is 2.12. The Kier molecular flexibility index (Phi) is 3.58. The third-order valence-corrected chi connectivity index (χ3v) is 3.40. The molecular formula is C13H14N4S. The molecule has 0 aliphatic heterocycles. The van der Waals surface area contributed by atoms with Crippen molar-refractivity contribution >= 4 is 22.4 Å². The lowest BCUT2D eigenvalue weighted by Gasteiger charge is -2.15. The molecule has 0 atom stereocenters. The molecule has 0 aliphatic carbocycles. The van der Waals surface area contributed by atoms with E-state index in [0.717, 1.165) is 16.6 Å². The number of rotatable bonds is 3. The van der Waals surface area contributed by atoms with Gasteiger partial charge in [-0.15, -0.1) is 0 Å². The minimum Gasteiger partial charge on any atom is -0.320 e. The van der Waals surface area contributed by atoms with Crippen molar-refractivity contribution in [1.82, 2.24) is 9.36 Å². The molecule has 18 heavy (non-hydrogen) atoms. The molecule has 4 nitrogen and oxygen atoms in total. The molecule has 5 heteroatoms. The quantitative estimate of drug-likeness (QED) is 0.847. The maximum absolute atomic E-state index is 8.90. The zero-order chi connectivity index (χ0) is 13.1. The molecule has 2 rings (SSSR count). The Bertz CT molecular complexity index is 583. The molecule has 0 N–H and O–H groups in total. The molecule has 92 valence electrons. The Morgan fingerprint density at radius 1 is 1.39 bits per heavy atom. The molecule has 0 fully saturated rings. The minimum atomic E-state index is 0.328. The van der Waals surface area contributed by atoms with Gasteiger partial charge in [0.2, 0.25) is 5.13 Å². The average molecular weight is 258 g/mol. The summed E-state index contributed by atoms with van der Waals surface area (Å²) in [6.07, 6.45) is 0. The Morgan fingerprint density at radius 3 is 2.78 bits per heavy atom. The number of hydrogen-bond donors (Lipinski definition) is 0. The Labute approximate surface area is 111 Å². The first-order valence-electron chi connectivity index (χ1n) is 5.69. The largest absolute Gasteiger partial charge is 0.320 e. The second-order valence-corrected chi connectivity index (χ2v) is 5.04. The van der Waals surface area contributed by atoms with Gasteiger partial charge in [0.25, 0.3) is 0 Å². The van der Waals surface area contributed by atoms with Crippen molar-refractivity contribution in [2.75, 3.05) is 11.9 Å². The lowest BCUT2D eigenvalue weighted by molar-refractivity contribution is 0.798. The number of hydrogen-bond acceptors (Lipinski definition) is 5. The Morgan fingerprint density at radius 2 is 2.17 bits per heavy atom. The first kappa shape index (κ1) is 12.5. The zero-order valence-electron chi connectivity index (χ0n) is 10.6. The molecule has 0 bridgehead atoms. The van der Waals surface area contributed by atoms with Gasteiger partial charge in [0, 0.05) is 30.2 Å². The summed E-state index contributed by atoms with van der Waals surface area (Å²) in [7, 11) is 1.93. The SMILES string of the molecule is CC(C)c1nsc(N(C)c2cccc(C#N)c2)n1. The van der Waals surface area contributed by atoms with E-state index in [1.807, 2.05) is 30.1 Å². The molecule has 1 aromatic carbocycles. The van der Waals surface area contributed by atoms with Crippen LogP contribution >= 0.6 is 11.5 Å². The van der Waals surface area contributed by atoms with Crippen molar-refractivity contribution in [3.8, 4) is 6.07 Å². The molecule has 0 aliphatic rings. The molecule has 0 saturated carbocycles. The molecule has 2 aromatic rings. The summed E-state index contributed by atoms with van der Waals surface area (Å²) in [6, 6.07) is 9.60. The monoisotopic (exact) mass is 258 g/mol. The fourth-order valence-electron chi connectivity index (χ4n) is 1.49. The van der Waals surface area contributed by atoms with E-state index in [2.05, 4.69) is 29.3 Å². The standard InChI is InChI=1S/C13H14N4S/c1-9(2)12-15-13(18-16-12)17(3)11-6-4-5-10(7-11)8-14/h4-7,9H,1-3H3. The van der Waals surface area contributed by atoms with Crippen molar-refractivity contribution in [1.29, 1.82) is 5.26 Å². The molecule has 0 spiro atoms. The van der Waals surface area contributed by atoms with E-state index in [9.17, 15) is 0 Å². The third-order valence-electron chi connectivity index (χ3n) is 2.60. The van der Waals surface area contributed by atoms with E-state index in [1.165, 1.54) is 11.5 Å². The fraction of sp³-hybridized carbons (Fsp3) is 0.308. The van der Waals surface area contributed by atoms with Gasteiger partial charge < -0.3 is 4.90 Å². The smallest absolute Gasteiger partial charge is 0.209 e. The van der Waals surface area contributed by atoms with E-state index in [-0.39, 0.29) is 0 Å². The predicted molar refractivity (Wildman–Crippen MR) is 73.2 cm³/mol. The van der Waals surface area contributed by atoms with Gasteiger partial charge in [0.05, 0.1) is 11.6 Å². The summed E-state index contributed by atoms with van der Waals surface area (Å²) in [5.41, 5.74) is 1.59. The van der Waals surface area contributed by atoms with Gasteiger partial charge in [-0.25, -0.2) is 4.98 Å². The number of benzene rings is 1. The first-order valence-corrected chi connectivity index (χ1v) is 6.46. The van der Waals surface area contributed by atoms with Crippen molar-refractivity contribution in [2.45, 2.75) is 19.8 Å². The van der Waals surface area contributed by atoms with Crippen LogP contribution in [0.4, 0.5) is 10.8 Å². The summed E-state index contributed by atoms with van der Waals surface area (Å²) in [4.78, 5) is 6.44. The van der Waals surface area contributed by atoms with Crippen LogP contribution in [0.3, 0.4) is 0 Å². The molecule has 0 radical (unpaired) electrons. The first-order chi connectivity index (χ1) is 8.61. The van der Waals surface area contributed by atoms with Crippen LogP contribution in [0, 0.1) is 11.3 Å². The van der Waals surface area contributed by atoms with Gasteiger partial charge in [0.15, 0.2) is 0 Å². The van der Waals surface area contributed by atoms with Gasteiger partial charge in [0.1, 0.15) is 5.82 Å². The molecule has 0 amide bonds. The van der Waals surface area contributed by atoms with Crippen LogP contribution in [0.25, 0.3) is 0 Å². The van der Waals surface area contributed by atoms with Crippen LogP contribution in [0.1, 0.15) is 31.2 Å². The summed E-state index contributed by atoms with van der Waals surface area (Å²) in [5.74, 6) is 1.19. The lowest BCUT2D eigenvalue weighted by Crippen LogP contribution is -2.09.